The summed E-state index contributed by atoms with van der Waals surface area (Å²) in [6.07, 6.45) is 1.98. The van der Waals surface area contributed by atoms with Gasteiger partial charge in [-0.2, -0.15) is 0 Å². The second-order valence-electron chi connectivity index (χ2n) is 6.37. The van der Waals surface area contributed by atoms with Crippen molar-refractivity contribution in [2.75, 3.05) is 16.9 Å². The van der Waals surface area contributed by atoms with Crippen LogP contribution < -0.4 is 16.0 Å². The number of carbonyl (C=O) groups is 2. The van der Waals surface area contributed by atoms with Crippen molar-refractivity contribution in [3.8, 4) is 11.1 Å². The molecule has 6 heteroatoms. The van der Waals surface area contributed by atoms with E-state index in [4.69, 9.17) is 0 Å². The Hall–Kier alpha value is -3.25. The maximum Gasteiger partial charge on any atom is 0.323 e. The van der Waals surface area contributed by atoms with Gasteiger partial charge in [0.25, 0.3) is 5.91 Å². The highest BCUT2D eigenvalue weighted by atomic mass is 32.2. The van der Waals surface area contributed by atoms with Gasteiger partial charge < -0.3 is 16.0 Å². The first kappa shape index (κ1) is 18.1. The number of amides is 3. The fourth-order valence-corrected chi connectivity index (χ4v) is 3.79. The van der Waals surface area contributed by atoms with Crippen molar-refractivity contribution < 1.29 is 9.59 Å². The van der Waals surface area contributed by atoms with Gasteiger partial charge in [-0.15, -0.1) is 11.8 Å². The Morgan fingerprint density at radius 3 is 2.61 bits per heavy atom. The minimum absolute atomic E-state index is 0.174. The number of rotatable bonds is 4. The van der Waals surface area contributed by atoms with Gasteiger partial charge in [-0.1, -0.05) is 42.5 Å². The molecule has 0 unspecified atom stereocenters. The number of carbonyl (C=O) groups excluding carboxylic acids is 2. The highest BCUT2D eigenvalue weighted by Gasteiger charge is 2.26. The minimum atomic E-state index is -0.382. The molecule has 0 saturated heterocycles. The molecule has 0 bridgehead atoms. The Kier molecular flexibility index (Phi) is 5.04. The maximum absolute atomic E-state index is 12.5. The van der Waals surface area contributed by atoms with Crippen LogP contribution in [0.15, 0.2) is 71.6 Å². The summed E-state index contributed by atoms with van der Waals surface area (Å²) in [7, 11) is 0. The van der Waals surface area contributed by atoms with Crippen molar-refractivity contribution in [2.24, 2.45) is 0 Å². The highest BCUT2D eigenvalue weighted by molar-refractivity contribution is 7.98. The number of anilines is 2. The predicted molar refractivity (Wildman–Crippen MR) is 114 cm³/mol. The molecule has 4 rings (SSSR count). The van der Waals surface area contributed by atoms with E-state index in [0.29, 0.717) is 23.5 Å². The molecule has 3 aromatic carbocycles. The van der Waals surface area contributed by atoms with Crippen molar-refractivity contribution in [1.29, 1.82) is 0 Å². The van der Waals surface area contributed by atoms with Crippen LogP contribution in [-0.4, -0.2) is 18.2 Å². The zero-order chi connectivity index (χ0) is 19.5. The fraction of sp³-hybridized carbons (Fsp3) is 0.0909. The van der Waals surface area contributed by atoms with Crippen LogP contribution in [0.5, 0.6) is 0 Å². The van der Waals surface area contributed by atoms with E-state index in [-0.39, 0.29) is 11.9 Å². The third-order valence-electron chi connectivity index (χ3n) is 4.63. The number of hydrogen-bond donors (Lipinski definition) is 3. The standard InChI is InChI=1S/C22H19N3O2S/c1-28-16-9-5-8-15(12-16)24-22(27)25-19-11-10-17(14-6-3-2-4-7-14)18-13-23-21(26)20(18)19/h2-12H,13H2,1H3,(H,23,26)(H2,24,25,27). The first-order chi connectivity index (χ1) is 13.7. The SMILES string of the molecule is CSc1cccc(NC(=O)Nc2ccc(-c3ccccc3)c3c2C(=O)NC3)c1. The van der Waals surface area contributed by atoms with E-state index in [1.807, 2.05) is 66.9 Å². The van der Waals surface area contributed by atoms with Gasteiger partial charge in [0.2, 0.25) is 0 Å². The third kappa shape index (κ3) is 3.59. The molecule has 5 nitrogen and oxygen atoms in total. The molecule has 1 aliphatic heterocycles. The summed E-state index contributed by atoms with van der Waals surface area (Å²) < 4.78 is 0. The summed E-state index contributed by atoms with van der Waals surface area (Å²) in [5.74, 6) is -0.174. The first-order valence-corrected chi connectivity index (χ1v) is 10.1. The van der Waals surface area contributed by atoms with Crippen LogP contribution in [0.1, 0.15) is 15.9 Å². The van der Waals surface area contributed by atoms with Gasteiger partial charge in [-0.3, -0.25) is 4.79 Å². The second kappa shape index (κ2) is 7.78. The van der Waals surface area contributed by atoms with Gasteiger partial charge >= 0.3 is 6.03 Å². The van der Waals surface area contributed by atoms with Crippen molar-refractivity contribution in [1.82, 2.24) is 5.32 Å². The number of hydrogen-bond acceptors (Lipinski definition) is 3. The number of thioether (sulfide) groups is 1. The number of nitrogens with one attached hydrogen (secondary N) is 3. The predicted octanol–water partition coefficient (Wildman–Crippen LogP) is 4.96. The summed E-state index contributed by atoms with van der Waals surface area (Å²) in [6.45, 7) is 0.450. The van der Waals surface area contributed by atoms with Gasteiger partial charge in [0.15, 0.2) is 0 Å². The summed E-state index contributed by atoms with van der Waals surface area (Å²) in [6, 6.07) is 20.9. The minimum Gasteiger partial charge on any atom is -0.348 e. The van der Waals surface area contributed by atoms with Crippen LogP contribution in [0, 0.1) is 0 Å². The maximum atomic E-state index is 12.5. The highest BCUT2D eigenvalue weighted by Crippen LogP contribution is 2.34. The molecule has 3 amide bonds. The molecule has 0 saturated carbocycles. The van der Waals surface area contributed by atoms with Gasteiger partial charge in [0, 0.05) is 17.1 Å². The Morgan fingerprint density at radius 1 is 1.00 bits per heavy atom. The van der Waals surface area contributed by atoms with E-state index < -0.39 is 0 Å². The first-order valence-electron chi connectivity index (χ1n) is 8.87. The molecule has 0 radical (unpaired) electrons. The monoisotopic (exact) mass is 389 g/mol. The molecular formula is C22H19N3O2S. The average Bonchev–Trinajstić information content (AvgIpc) is 3.11. The normalized spacial score (nSPS) is 12.2. The largest absolute Gasteiger partial charge is 0.348 e. The molecule has 1 heterocycles. The third-order valence-corrected chi connectivity index (χ3v) is 5.35. The topological polar surface area (TPSA) is 70.2 Å². The lowest BCUT2D eigenvalue weighted by atomic mass is 9.95. The molecular weight excluding hydrogens is 370 g/mol. The van der Waals surface area contributed by atoms with Gasteiger partial charge in [-0.25, -0.2) is 4.79 Å². The van der Waals surface area contributed by atoms with E-state index >= 15 is 0 Å². The number of benzene rings is 3. The Bertz CT molecular complexity index is 1050. The van der Waals surface area contributed by atoms with Crippen molar-refractivity contribution in [3.05, 3.63) is 77.9 Å². The van der Waals surface area contributed by atoms with E-state index in [1.165, 1.54) is 0 Å². The summed E-state index contributed by atoms with van der Waals surface area (Å²) >= 11 is 1.61. The van der Waals surface area contributed by atoms with Gasteiger partial charge in [0.1, 0.15) is 0 Å². The van der Waals surface area contributed by atoms with Crippen LogP contribution >= 0.6 is 11.8 Å². The molecule has 3 aromatic rings. The van der Waals surface area contributed by atoms with Crippen molar-refractivity contribution in [3.63, 3.8) is 0 Å². The molecule has 1 aliphatic rings. The fourth-order valence-electron chi connectivity index (χ4n) is 3.33. The number of fused-ring (bicyclic) bond motifs is 1. The van der Waals surface area contributed by atoms with Gasteiger partial charge in [-0.05, 0) is 47.2 Å². The zero-order valence-electron chi connectivity index (χ0n) is 15.3. The smallest absolute Gasteiger partial charge is 0.323 e. The van der Waals surface area contributed by atoms with Crippen LogP contribution in [0.3, 0.4) is 0 Å². The lowest BCUT2D eigenvalue weighted by Crippen LogP contribution is -2.21. The van der Waals surface area contributed by atoms with Crippen molar-refractivity contribution >= 4 is 35.1 Å². The van der Waals surface area contributed by atoms with Crippen LogP contribution in [0.25, 0.3) is 11.1 Å². The molecule has 0 aliphatic carbocycles. The summed E-state index contributed by atoms with van der Waals surface area (Å²) in [5, 5.41) is 8.50. The van der Waals surface area contributed by atoms with E-state index in [9.17, 15) is 9.59 Å². The quantitative estimate of drug-likeness (QED) is 0.552. The van der Waals surface area contributed by atoms with E-state index in [1.54, 1.807) is 17.8 Å². The van der Waals surface area contributed by atoms with Crippen LogP contribution in [0.4, 0.5) is 16.2 Å². The lowest BCUT2D eigenvalue weighted by molar-refractivity contribution is 0.0966. The van der Waals surface area contributed by atoms with E-state index in [2.05, 4.69) is 16.0 Å². The molecule has 28 heavy (non-hydrogen) atoms. The molecule has 0 spiro atoms. The average molecular weight is 389 g/mol. The molecule has 0 atom stereocenters. The molecule has 0 fully saturated rings. The Morgan fingerprint density at radius 2 is 1.82 bits per heavy atom. The lowest BCUT2D eigenvalue weighted by Gasteiger charge is -2.13. The zero-order valence-corrected chi connectivity index (χ0v) is 16.1. The summed E-state index contributed by atoms with van der Waals surface area (Å²) in [5.41, 5.74) is 4.66. The summed E-state index contributed by atoms with van der Waals surface area (Å²) in [4.78, 5) is 26.0. The Labute approximate surface area is 167 Å². The van der Waals surface area contributed by atoms with Gasteiger partial charge in [0.05, 0.1) is 11.3 Å². The van der Waals surface area contributed by atoms with Crippen molar-refractivity contribution in [2.45, 2.75) is 11.4 Å². The second-order valence-corrected chi connectivity index (χ2v) is 7.25. The van der Waals surface area contributed by atoms with E-state index in [0.717, 1.165) is 21.6 Å². The van der Waals surface area contributed by atoms with Crippen LogP contribution in [0.2, 0.25) is 0 Å². The Balaban J connectivity index is 1.61. The molecule has 3 N–H and O–H groups in total. The molecule has 140 valence electrons. The number of urea groups is 1. The van der Waals surface area contributed by atoms with Crippen LogP contribution in [-0.2, 0) is 6.54 Å². The molecule has 0 aromatic heterocycles.